The maximum atomic E-state index is 5.67. The van der Waals surface area contributed by atoms with Crippen molar-refractivity contribution in [2.75, 3.05) is 12.5 Å². The van der Waals surface area contributed by atoms with Crippen LogP contribution in [0.2, 0.25) is 0 Å². The summed E-state index contributed by atoms with van der Waals surface area (Å²) in [5.74, 6) is 1.66. The monoisotopic (exact) mass is 246 g/mol. The second-order valence-electron chi connectivity index (χ2n) is 4.69. The molecule has 0 aliphatic heterocycles. The van der Waals surface area contributed by atoms with Gasteiger partial charge in [-0.25, -0.2) is 0 Å². The van der Waals surface area contributed by atoms with Crippen LogP contribution in [0.1, 0.15) is 45.5 Å². The first kappa shape index (κ1) is 13.5. The molecule has 0 saturated carbocycles. The molecule has 0 radical (unpaired) electrons. The van der Waals surface area contributed by atoms with Gasteiger partial charge in [0.15, 0.2) is 0 Å². The summed E-state index contributed by atoms with van der Waals surface area (Å²) in [5.41, 5.74) is -0.0574. The molecule has 16 heavy (non-hydrogen) atoms. The van der Waals surface area contributed by atoms with Crippen LogP contribution in [-0.4, -0.2) is 22.6 Å². The maximum absolute atomic E-state index is 5.67. The SMILES string of the molecule is CCOC(c1noc(CCCl)n1)C(C)(C)C. The van der Waals surface area contributed by atoms with Crippen molar-refractivity contribution in [3.05, 3.63) is 11.7 Å². The fraction of sp³-hybridized carbons (Fsp3) is 0.818. The molecular formula is C11H19ClN2O2. The average Bonchev–Trinajstić information content (AvgIpc) is 2.61. The summed E-state index contributed by atoms with van der Waals surface area (Å²) in [6, 6.07) is 0. The highest BCUT2D eigenvalue weighted by atomic mass is 35.5. The minimum absolute atomic E-state index is 0.0574. The zero-order chi connectivity index (χ0) is 12.2. The summed E-state index contributed by atoms with van der Waals surface area (Å²) in [4.78, 5) is 4.30. The highest BCUT2D eigenvalue weighted by Crippen LogP contribution is 2.34. The Balaban J connectivity index is 2.84. The van der Waals surface area contributed by atoms with Gasteiger partial charge >= 0.3 is 0 Å². The minimum Gasteiger partial charge on any atom is -0.370 e. The maximum Gasteiger partial charge on any atom is 0.227 e. The van der Waals surface area contributed by atoms with Gasteiger partial charge in [0.1, 0.15) is 6.10 Å². The predicted molar refractivity (Wildman–Crippen MR) is 62.5 cm³/mol. The Morgan fingerprint density at radius 2 is 2.12 bits per heavy atom. The first-order chi connectivity index (χ1) is 7.49. The van der Waals surface area contributed by atoms with Gasteiger partial charge in [0, 0.05) is 18.9 Å². The molecule has 0 fully saturated rings. The molecule has 1 atom stereocenters. The van der Waals surface area contributed by atoms with E-state index >= 15 is 0 Å². The Morgan fingerprint density at radius 3 is 2.62 bits per heavy atom. The van der Waals surface area contributed by atoms with E-state index in [1.54, 1.807) is 0 Å². The van der Waals surface area contributed by atoms with Crippen molar-refractivity contribution in [3.8, 4) is 0 Å². The molecule has 92 valence electrons. The molecular weight excluding hydrogens is 228 g/mol. The van der Waals surface area contributed by atoms with Crippen molar-refractivity contribution in [2.45, 2.75) is 40.2 Å². The molecule has 0 amide bonds. The number of halogens is 1. The van der Waals surface area contributed by atoms with E-state index in [4.69, 9.17) is 20.9 Å². The lowest BCUT2D eigenvalue weighted by Crippen LogP contribution is -2.22. The molecule has 0 aromatic carbocycles. The number of rotatable bonds is 5. The van der Waals surface area contributed by atoms with Gasteiger partial charge in [-0.2, -0.15) is 4.98 Å². The smallest absolute Gasteiger partial charge is 0.227 e. The molecule has 5 heteroatoms. The summed E-state index contributed by atoms with van der Waals surface area (Å²) in [5, 5.41) is 3.95. The van der Waals surface area contributed by atoms with Crippen molar-refractivity contribution in [2.24, 2.45) is 5.41 Å². The molecule has 1 rings (SSSR count). The number of aryl methyl sites for hydroxylation is 1. The van der Waals surface area contributed by atoms with Crippen molar-refractivity contribution in [1.29, 1.82) is 0 Å². The summed E-state index contributed by atoms with van der Waals surface area (Å²) in [6.07, 6.45) is 0.447. The fourth-order valence-corrected chi connectivity index (χ4v) is 1.60. The van der Waals surface area contributed by atoms with Crippen LogP contribution in [0.25, 0.3) is 0 Å². The Morgan fingerprint density at radius 1 is 1.44 bits per heavy atom. The third-order valence-electron chi connectivity index (χ3n) is 2.15. The number of hydrogen-bond acceptors (Lipinski definition) is 4. The van der Waals surface area contributed by atoms with Crippen molar-refractivity contribution < 1.29 is 9.26 Å². The molecule has 1 aromatic rings. The van der Waals surface area contributed by atoms with E-state index in [1.807, 2.05) is 6.92 Å². The van der Waals surface area contributed by atoms with Gasteiger partial charge in [-0.3, -0.25) is 0 Å². The lowest BCUT2D eigenvalue weighted by atomic mass is 9.88. The first-order valence-electron chi connectivity index (χ1n) is 5.49. The van der Waals surface area contributed by atoms with Crippen molar-refractivity contribution in [3.63, 3.8) is 0 Å². The van der Waals surface area contributed by atoms with E-state index in [0.717, 1.165) is 0 Å². The third-order valence-corrected chi connectivity index (χ3v) is 2.34. The average molecular weight is 247 g/mol. The molecule has 1 heterocycles. The molecule has 0 spiro atoms. The fourth-order valence-electron chi connectivity index (χ4n) is 1.44. The number of hydrogen-bond donors (Lipinski definition) is 0. The van der Waals surface area contributed by atoms with Crippen LogP contribution in [0.15, 0.2) is 4.52 Å². The normalized spacial score (nSPS) is 14.1. The molecule has 1 aromatic heterocycles. The van der Waals surface area contributed by atoms with E-state index < -0.39 is 0 Å². The zero-order valence-corrected chi connectivity index (χ0v) is 11.0. The van der Waals surface area contributed by atoms with Gasteiger partial charge in [-0.15, -0.1) is 11.6 Å². The van der Waals surface area contributed by atoms with Crippen LogP contribution >= 0.6 is 11.6 Å². The Kier molecular flexibility index (Phi) is 4.74. The lowest BCUT2D eigenvalue weighted by Gasteiger charge is -2.27. The van der Waals surface area contributed by atoms with Crippen molar-refractivity contribution in [1.82, 2.24) is 10.1 Å². The largest absolute Gasteiger partial charge is 0.370 e. The molecule has 0 N–H and O–H groups in total. The molecule has 0 bridgehead atoms. The molecule has 1 unspecified atom stereocenters. The Bertz CT molecular complexity index is 320. The topological polar surface area (TPSA) is 48.2 Å². The first-order valence-corrected chi connectivity index (χ1v) is 6.02. The second-order valence-corrected chi connectivity index (χ2v) is 5.06. The molecule has 0 aliphatic carbocycles. The van der Waals surface area contributed by atoms with Crippen LogP contribution < -0.4 is 0 Å². The number of aromatic nitrogens is 2. The van der Waals surface area contributed by atoms with E-state index in [-0.39, 0.29) is 11.5 Å². The van der Waals surface area contributed by atoms with E-state index in [0.29, 0.717) is 30.6 Å². The Labute approximate surface area is 101 Å². The third kappa shape index (κ3) is 3.46. The number of ether oxygens (including phenoxy) is 1. The summed E-state index contributed by atoms with van der Waals surface area (Å²) in [6.45, 7) is 8.85. The highest BCUT2D eigenvalue weighted by Gasteiger charge is 2.31. The van der Waals surface area contributed by atoms with Crippen LogP contribution in [-0.2, 0) is 11.2 Å². The van der Waals surface area contributed by atoms with Crippen LogP contribution in [0, 0.1) is 5.41 Å². The van der Waals surface area contributed by atoms with Gasteiger partial charge in [-0.1, -0.05) is 25.9 Å². The van der Waals surface area contributed by atoms with Crippen molar-refractivity contribution >= 4 is 11.6 Å². The minimum atomic E-state index is -0.148. The summed E-state index contributed by atoms with van der Waals surface area (Å²) in [7, 11) is 0. The predicted octanol–water partition coefficient (Wildman–Crippen LogP) is 2.97. The standard InChI is InChI=1S/C11H19ClN2O2/c1-5-15-9(11(2,3)4)10-13-8(6-7-12)16-14-10/h9H,5-7H2,1-4H3. The summed E-state index contributed by atoms with van der Waals surface area (Å²) < 4.78 is 10.8. The quantitative estimate of drug-likeness (QED) is 0.750. The van der Waals surface area contributed by atoms with Gasteiger partial charge in [0.05, 0.1) is 0 Å². The molecule has 0 saturated heterocycles. The Hall–Kier alpha value is -0.610. The zero-order valence-electron chi connectivity index (χ0n) is 10.3. The molecule has 4 nitrogen and oxygen atoms in total. The van der Waals surface area contributed by atoms with Gasteiger partial charge < -0.3 is 9.26 Å². The second kappa shape index (κ2) is 5.64. The number of nitrogens with zero attached hydrogens (tertiary/aromatic N) is 2. The van der Waals surface area contributed by atoms with Crippen LogP contribution in [0.3, 0.4) is 0 Å². The van der Waals surface area contributed by atoms with Gasteiger partial charge in [0.2, 0.25) is 11.7 Å². The van der Waals surface area contributed by atoms with Crippen LogP contribution in [0.5, 0.6) is 0 Å². The summed E-state index contributed by atoms with van der Waals surface area (Å²) >= 11 is 5.62. The van der Waals surface area contributed by atoms with E-state index in [9.17, 15) is 0 Å². The van der Waals surface area contributed by atoms with Crippen LogP contribution in [0.4, 0.5) is 0 Å². The number of alkyl halides is 1. The van der Waals surface area contributed by atoms with E-state index in [2.05, 4.69) is 30.9 Å². The highest BCUT2D eigenvalue weighted by molar-refractivity contribution is 6.17. The molecule has 0 aliphatic rings. The van der Waals surface area contributed by atoms with Gasteiger partial charge in [-0.05, 0) is 12.3 Å². The van der Waals surface area contributed by atoms with E-state index in [1.165, 1.54) is 0 Å². The van der Waals surface area contributed by atoms with Gasteiger partial charge in [0.25, 0.3) is 0 Å². The lowest BCUT2D eigenvalue weighted by molar-refractivity contribution is -0.0203.